The van der Waals surface area contributed by atoms with Gasteiger partial charge in [0.2, 0.25) is 26.8 Å². The van der Waals surface area contributed by atoms with Gasteiger partial charge in [-0.3, -0.25) is 14.9 Å². The number of halogens is 1. The van der Waals surface area contributed by atoms with E-state index in [-0.39, 0.29) is 29.7 Å². The van der Waals surface area contributed by atoms with Gasteiger partial charge in [-0.2, -0.15) is 0 Å². The van der Waals surface area contributed by atoms with Gasteiger partial charge in [0.05, 0.1) is 34.6 Å². The minimum atomic E-state index is -4.23. The second-order valence-electron chi connectivity index (χ2n) is 10.2. The average molecular weight is 648 g/mol. The second-order valence-corrected chi connectivity index (χ2v) is 13.9. The minimum absolute atomic E-state index is 0.0765. The molecule has 0 spiro atoms. The fourth-order valence-corrected chi connectivity index (χ4v) is 5.37. The molecule has 0 aliphatic carbocycles. The molecule has 0 unspecified atom stereocenters. The maximum Gasteiger partial charge on any atom is 0.328 e. The first-order chi connectivity index (χ1) is 19.4. The van der Waals surface area contributed by atoms with Gasteiger partial charge in [0.15, 0.2) is 0 Å². The Hall–Kier alpha value is -2.92. The summed E-state index contributed by atoms with van der Waals surface area (Å²) in [6.45, 7) is 5.74. The molecule has 2 rings (SSSR count). The summed E-state index contributed by atoms with van der Waals surface area (Å²) in [4.78, 5) is 34.6. The van der Waals surface area contributed by atoms with E-state index in [0.717, 1.165) is 18.2 Å². The number of aldehydes is 1. The van der Waals surface area contributed by atoms with E-state index in [4.69, 9.17) is 31.0 Å². The van der Waals surface area contributed by atoms with Crippen LogP contribution in [0.3, 0.4) is 0 Å². The summed E-state index contributed by atoms with van der Waals surface area (Å²) in [7, 11) is -8.31. The number of carbonyl (C=O) groups is 3. The van der Waals surface area contributed by atoms with E-state index in [1.807, 2.05) is 0 Å². The lowest BCUT2D eigenvalue weighted by molar-refractivity contribution is -0.175. The van der Waals surface area contributed by atoms with Crippen LogP contribution in [0.25, 0.3) is 0 Å². The quantitative estimate of drug-likeness (QED) is 0.144. The molecule has 0 aliphatic heterocycles. The lowest BCUT2D eigenvalue weighted by atomic mass is 9.98. The molecule has 0 amide bonds. The number of nitrogens with two attached hydrogens (primary N) is 1. The third-order valence-corrected chi connectivity index (χ3v) is 8.31. The molecular formula is C26H34ClN3O10S2. The van der Waals surface area contributed by atoms with E-state index >= 15 is 0 Å². The number of hydrogen-bond donors (Lipinski definition) is 3. The Morgan fingerprint density at radius 1 is 1.02 bits per heavy atom. The predicted octanol–water partition coefficient (Wildman–Crippen LogP) is 1.62. The van der Waals surface area contributed by atoms with Crippen molar-refractivity contribution >= 4 is 49.9 Å². The summed E-state index contributed by atoms with van der Waals surface area (Å²) in [6, 6.07) is 8.16. The first kappa shape index (κ1) is 35.3. The summed E-state index contributed by atoms with van der Waals surface area (Å²) >= 11 is 5.82. The van der Waals surface area contributed by atoms with Crippen LogP contribution in [-0.4, -0.2) is 60.5 Å². The van der Waals surface area contributed by atoms with Crippen molar-refractivity contribution in [3.8, 4) is 0 Å². The van der Waals surface area contributed by atoms with Gasteiger partial charge in [0.25, 0.3) is 0 Å². The Morgan fingerprint density at radius 3 is 2.21 bits per heavy atom. The maximum atomic E-state index is 12.7. The Kier molecular flexibility index (Phi) is 12.6. The largest absolute Gasteiger partial charge is 0.427 e. The van der Waals surface area contributed by atoms with Crippen LogP contribution in [0.5, 0.6) is 0 Å². The molecule has 0 bridgehead atoms. The first-order valence-corrected chi connectivity index (χ1v) is 15.9. The Bertz CT molecular complexity index is 1470. The smallest absolute Gasteiger partial charge is 0.328 e. The summed E-state index contributed by atoms with van der Waals surface area (Å²) in [6.07, 6.45) is 0.610. The van der Waals surface area contributed by atoms with Crippen LogP contribution >= 0.6 is 11.6 Å². The number of sulfonamides is 2. The van der Waals surface area contributed by atoms with Gasteiger partial charge in [-0.15, -0.1) is 0 Å². The zero-order valence-electron chi connectivity index (χ0n) is 23.5. The van der Waals surface area contributed by atoms with Crippen molar-refractivity contribution < 1.29 is 45.4 Å². The molecule has 0 radical (unpaired) electrons. The van der Waals surface area contributed by atoms with E-state index in [9.17, 15) is 31.2 Å². The zero-order chi connectivity index (χ0) is 31.7. The number of carbonyl (C=O) groups excluding carboxylic acids is 3. The van der Waals surface area contributed by atoms with Crippen molar-refractivity contribution in [2.24, 2.45) is 10.6 Å². The van der Waals surface area contributed by atoms with Crippen molar-refractivity contribution in [2.75, 3.05) is 13.4 Å². The van der Waals surface area contributed by atoms with Gasteiger partial charge in [-0.25, -0.2) is 26.7 Å². The number of esters is 2. The van der Waals surface area contributed by atoms with Crippen molar-refractivity contribution in [1.82, 2.24) is 10.0 Å². The van der Waals surface area contributed by atoms with Gasteiger partial charge in [-0.05, 0) is 57.0 Å². The minimum Gasteiger partial charge on any atom is -0.427 e. The second kappa shape index (κ2) is 15.0. The maximum absolute atomic E-state index is 12.7. The molecule has 2 aromatic rings. The van der Waals surface area contributed by atoms with Crippen LogP contribution in [0.1, 0.15) is 38.8 Å². The number of nitrogens with one attached hydrogen (secondary N) is 2. The predicted molar refractivity (Wildman–Crippen MR) is 152 cm³/mol. The van der Waals surface area contributed by atoms with Gasteiger partial charge in [0, 0.05) is 6.54 Å². The highest BCUT2D eigenvalue weighted by molar-refractivity contribution is 7.90. The fourth-order valence-electron chi connectivity index (χ4n) is 3.18. The molecular weight excluding hydrogens is 614 g/mol. The SMILES string of the molecule is C[C@@H](C=O)N[C@@H](COCc1ccc(CNS(=O)(=O)c2ccc(Cl)c(S(N)(=O)=O)c2)cc1)C(=O)OCOC(=O)C(C)(C)C. The van der Waals surface area contributed by atoms with Crippen molar-refractivity contribution in [3.63, 3.8) is 0 Å². The summed E-state index contributed by atoms with van der Waals surface area (Å²) in [5.41, 5.74) is 0.526. The summed E-state index contributed by atoms with van der Waals surface area (Å²) in [5, 5.41) is 7.66. The standard InChI is InChI=1S/C26H34ClN3O10S2/c1-17(13-31)30-22(24(32)39-16-40-25(33)26(2,3)4)15-38-14-19-7-5-18(6-8-19)12-29-42(36,37)20-9-10-21(27)23(11-20)41(28,34)35/h5-11,13,17,22,29-30H,12,14-16H2,1-4H3,(H2,28,34,35)/t17-,22-/m0/s1. The van der Waals surface area contributed by atoms with Crippen LogP contribution in [0, 0.1) is 5.41 Å². The molecule has 16 heteroatoms. The third-order valence-electron chi connectivity index (χ3n) is 5.52. The molecule has 0 saturated heterocycles. The summed E-state index contributed by atoms with van der Waals surface area (Å²) < 4.78 is 66.6. The van der Waals surface area contributed by atoms with Crippen molar-refractivity contribution in [2.45, 2.75) is 62.7 Å². The normalized spacial score (nSPS) is 13.7. The lowest BCUT2D eigenvalue weighted by Crippen LogP contribution is -2.46. The van der Waals surface area contributed by atoms with Crippen LogP contribution in [0.4, 0.5) is 0 Å². The zero-order valence-corrected chi connectivity index (χ0v) is 25.8. The van der Waals surface area contributed by atoms with Gasteiger partial charge < -0.3 is 19.0 Å². The number of benzene rings is 2. The Labute approximate surface area is 250 Å². The highest BCUT2D eigenvalue weighted by atomic mass is 35.5. The molecule has 232 valence electrons. The fraction of sp³-hybridized carbons (Fsp3) is 0.423. The molecule has 0 saturated carbocycles. The summed E-state index contributed by atoms with van der Waals surface area (Å²) in [5.74, 6) is -1.32. The molecule has 0 heterocycles. The lowest BCUT2D eigenvalue weighted by Gasteiger charge is -2.20. The van der Waals surface area contributed by atoms with Crippen LogP contribution < -0.4 is 15.2 Å². The molecule has 4 N–H and O–H groups in total. The highest BCUT2D eigenvalue weighted by Crippen LogP contribution is 2.24. The molecule has 0 aliphatic rings. The molecule has 2 aromatic carbocycles. The van der Waals surface area contributed by atoms with E-state index in [2.05, 4.69) is 10.0 Å². The highest BCUT2D eigenvalue weighted by Gasteiger charge is 2.26. The van der Waals surface area contributed by atoms with Crippen LogP contribution in [-0.2, 0) is 61.8 Å². The first-order valence-electron chi connectivity index (χ1n) is 12.5. The van der Waals surface area contributed by atoms with Gasteiger partial charge in [-0.1, -0.05) is 35.9 Å². The number of primary sulfonamides is 1. The van der Waals surface area contributed by atoms with Crippen molar-refractivity contribution in [3.05, 3.63) is 58.6 Å². The number of rotatable bonds is 15. The molecule has 42 heavy (non-hydrogen) atoms. The van der Waals surface area contributed by atoms with E-state index in [1.165, 1.54) is 0 Å². The topological polar surface area (TPSA) is 197 Å². The van der Waals surface area contributed by atoms with E-state index < -0.39 is 61.2 Å². The van der Waals surface area contributed by atoms with E-state index in [0.29, 0.717) is 17.4 Å². The number of ether oxygens (including phenoxy) is 3. The number of hydrogen-bond acceptors (Lipinski definition) is 11. The van der Waals surface area contributed by atoms with Crippen LogP contribution in [0.2, 0.25) is 5.02 Å². The van der Waals surface area contributed by atoms with Gasteiger partial charge in [0.1, 0.15) is 17.2 Å². The average Bonchev–Trinajstić information content (AvgIpc) is 2.90. The van der Waals surface area contributed by atoms with Crippen LogP contribution in [0.15, 0.2) is 52.3 Å². The Morgan fingerprint density at radius 2 is 1.64 bits per heavy atom. The third kappa shape index (κ3) is 11.1. The Balaban J connectivity index is 1.94. The molecule has 0 fully saturated rings. The van der Waals surface area contributed by atoms with E-state index in [1.54, 1.807) is 52.0 Å². The molecule has 13 nitrogen and oxygen atoms in total. The van der Waals surface area contributed by atoms with Gasteiger partial charge >= 0.3 is 11.9 Å². The van der Waals surface area contributed by atoms with Crippen molar-refractivity contribution in [1.29, 1.82) is 0 Å². The monoisotopic (exact) mass is 647 g/mol. The molecule has 2 atom stereocenters. The molecule has 0 aromatic heterocycles.